The van der Waals surface area contributed by atoms with Gasteiger partial charge in [0.25, 0.3) is 5.91 Å². The number of nitrogens with zero attached hydrogens (tertiary/aromatic N) is 1. The largest absolute Gasteiger partial charge is 0.495 e. The van der Waals surface area contributed by atoms with Crippen molar-refractivity contribution in [2.24, 2.45) is 0 Å². The van der Waals surface area contributed by atoms with Crippen LogP contribution < -0.4 is 15.4 Å². The number of carbonyl (C=O) groups excluding carboxylic acids is 1. The fourth-order valence-corrected chi connectivity index (χ4v) is 2.34. The Morgan fingerprint density at radius 2 is 1.92 bits per heavy atom. The van der Waals surface area contributed by atoms with Crippen molar-refractivity contribution in [1.29, 1.82) is 0 Å². The standard InChI is InChI=1S/C18H22ClN3O2/c1-11-6-15(16(24-5)8-14(11)19)21-17(23)12-7-13(10-20-9-12)22-18(2,3)4/h6-10,22H,1-5H3,(H,21,23). The van der Waals surface area contributed by atoms with Gasteiger partial charge in [0.15, 0.2) is 0 Å². The number of carbonyl (C=O) groups is 1. The molecular weight excluding hydrogens is 326 g/mol. The number of nitrogens with one attached hydrogen (secondary N) is 2. The first-order valence-corrected chi connectivity index (χ1v) is 7.96. The van der Waals surface area contributed by atoms with E-state index in [1.54, 1.807) is 24.4 Å². The number of amides is 1. The minimum absolute atomic E-state index is 0.118. The molecule has 2 aromatic rings. The van der Waals surface area contributed by atoms with Crippen LogP contribution in [0.4, 0.5) is 11.4 Å². The van der Waals surface area contributed by atoms with Crippen LogP contribution in [0.5, 0.6) is 5.75 Å². The molecule has 1 aromatic carbocycles. The van der Waals surface area contributed by atoms with E-state index in [0.29, 0.717) is 22.0 Å². The van der Waals surface area contributed by atoms with E-state index in [0.717, 1.165) is 11.3 Å². The SMILES string of the molecule is COc1cc(Cl)c(C)cc1NC(=O)c1cncc(NC(C)(C)C)c1. The predicted molar refractivity (Wildman–Crippen MR) is 98.3 cm³/mol. The van der Waals surface area contributed by atoms with Crippen molar-refractivity contribution in [1.82, 2.24) is 4.98 Å². The molecule has 0 saturated heterocycles. The maximum atomic E-state index is 12.5. The first-order chi connectivity index (χ1) is 11.2. The number of anilines is 2. The van der Waals surface area contributed by atoms with Gasteiger partial charge in [0.2, 0.25) is 0 Å². The van der Waals surface area contributed by atoms with E-state index < -0.39 is 0 Å². The first kappa shape index (κ1) is 18.1. The van der Waals surface area contributed by atoms with Crippen LogP contribution in [-0.4, -0.2) is 23.5 Å². The summed E-state index contributed by atoms with van der Waals surface area (Å²) in [6, 6.07) is 5.23. The van der Waals surface area contributed by atoms with Gasteiger partial charge in [0, 0.05) is 29.0 Å². The van der Waals surface area contributed by atoms with E-state index in [2.05, 4.69) is 15.6 Å². The molecule has 0 aliphatic heterocycles. The highest BCUT2D eigenvalue weighted by Gasteiger charge is 2.14. The number of halogens is 1. The zero-order valence-electron chi connectivity index (χ0n) is 14.5. The van der Waals surface area contributed by atoms with Crippen molar-refractivity contribution in [3.05, 3.63) is 46.7 Å². The Balaban J connectivity index is 2.24. The van der Waals surface area contributed by atoms with Gasteiger partial charge in [-0.25, -0.2) is 0 Å². The van der Waals surface area contributed by atoms with E-state index >= 15 is 0 Å². The van der Waals surface area contributed by atoms with Crippen LogP contribution in [-0.2, 0) is 0 Å². The van der Waals surface area contributed by atoms with Crippen LogP contribution in [0.1, 0.15) is 36.7 Å². The molecule has 0 spiro atoms. The highest BCUT2D eigenvalue weighted by Crippen LogP contribution is 2.31. The molecule has 0 radical (unpaired) electrons. The Kier molecular flexibility index (Phi) is 5.34. The average Bonchev–Trinajstić information content (AvgIpc) is 2.49. The Morgan fingerprint density at radius 3 is 2.54 bits per heavy atom. The maximum Gasteiger partial charge on any atom is 0.257 e. The lowest BCUT2D eigenvalue weighted by Crippen LogP contribution is -2.26. The lowest BCUT2D eigenvalue weighted by Gasteiger charge is -2.22. The molecule has 1 aromatic heterocycles. The quantitative estimate of drug-likeness (QED) is 0.853. The topological polar surface area (TPSA) is 63.2 Å². The second-order valence-corrected chi connectivity index (χ2v) is 7.00. The molecule has 5 nitrogen and oxygen atoms in total. The van der Waals surface area contributed by atoms with Gasteiger partial charge in [0.1, 0.15) is 5.75 Å². The van der Waals surface area contributed by atoms with Crippen LogP contribution in [0.15, 0.2) is 30.6 Å². The molecule has 0 atom stereocenters. The molecule has 128 valence electrons. The highest BCUT2D eigenvalue weighted by atomic mass is 35.5. The first-order valence-electron chi connectivity index (χ1n) is 7.58. The number of aromatic nitrogens is 1. The van der Waals surface area contributed by atoms with Crippen molar-refractivity contribution in [2.75, 3.05) is 17.7 Å². The second-order valence-electron chi connectivity index (χ2n) is 6.59. The van der Waals surface area contributed by atoms with Gasteiger partial charge in [-0.3, -0.25) is 9.78 Å². The summed E-state index contributed by atoms with van der Waals surface area (Å²) in [5.74, 6) is 0.246. The molecule has 0 aliphatic carbocycles. The molecule has 24 heavy (non-hydrogen) atoms. The van der Waals surface area contributed by atoms with E-state index in [9.17, 15) is 4.79 Å². The van der Waals surface area contributed by atoms with E-state index in [1.807, 2.05) is 27.7 Å². The van der Waals surface area contributed by atoms with Gasteiger partial charge in [-0.05, 0) is 45.4 Å². The minimum atomic E-state index is -0.264. The highest BCUT2D eigenvalue weighted by molar-refractivity contribution is 6.31. The molecule has 1 heterocycles. The van der Waals surface area contributed by atoms with Crippen molar-refractivity contribution in [3.8, 4) is 5.75 Å². The summed E-state index contributed by atoms with van der Waals surface area (Å²) in [6.07, 6.45) is 3.22. The van der Waals surface area contributed by atoms with E-state index in [1.165, 1.54) is 13.3 Å². The maximum absolute atomic E-state index is 12.5. The summed E-state index contributed by atoms with van der Waals surface area (Å²) in [7, 11) is 1.53. The number of benzene rings is 1. The number of aryl methyl sites for hydroxylation is 1. The summed E-state index contributed by atoms with van der Waals surface area (Å²) >= 11 is 6.09. The molecule has 0 aliphatic rings. The molecular formula is C18H22ClN3O2. The molecule has 2 rings (SSSR count). The van der Waals surface area contributed by atoms with E-state index in [-0.39, 0.29) is 11.4 Å². The molecule has 0 fully saturated rings. The number of methoxy groups -OCH3 is 1. The monoisotopic (exact) mass is 347 g/mol. The molecule has 0 saturated carbocycles. The molecule has 1 amide bonds. The normalized spacial score (nSPS) is 11.1. The molecule has 0 unspecified atom stereocenters. The summed E-state index contributed by atoms with van der Waals surface area (Å²) < 4.78 is 5.28. The number of rotatable bonds is 4. The van der Waals surface area contributed by atoms with Crippen LogP contribution in [0, 0.1) is 6.92 Å². The van der Waals surface area contributed by atoms with Crippen molar-refractivity contribution < 1.29 is 9.53 Å². The van der Waals surface area contributed by atoms with Crippen LogP contribution >= 0.6 is 11.6 Å². The Bertz CT molecular complexity index is 754. The van der Waals surface area contributed by atoms with Gasteiger partial charge >= 0.3 is 0 Å². The average molecular weight is 348 g/mol. The van der Waals surface area contributed by atoms with Gasteiger partial charge in [-0.15, -0.1) is 0 Å². The third-order valence-corrected chi connectivity index (χ3v) is 3.66. The Hall–Kier alpha value is -2.27. The summed E-state index contributed by atoms with van der Waals surface area (Å²) in [5.41, 5.74) is 2.55. The van der Waals surface area contributed by atoms with Crippen LogP contribution in [0.3, 0.4) is 0 Å². The molecule has 2 N–H and O–H groups in total. The van der Waals surface area contributed by atoms with Crippen LogP contribution in [0.25, 0.3) is 0 Å². The van der Waals surface area contributed by atoms with Crippen LogP contribution in [0.2, 0.25) is 5.02 Å². The van der Waals surface area contributed by atoms with Gasteiger partial charge in [-0.1, -0.05) is 11.6 Å². The van der Waals surface area contributed by atoms with Gasteiger partial charge < -0.3 is 15.4 Å². The summed E-state index contributed by atoms with van der Waals surface area (Å²) in [5, 5.41) is 6.73. The third-order valence-electron chi connectivity index (χ3n) is 3.25. The minimum Gasteiger partial charge on any atom is -0.495 e. The smallest absolute Gasteiger partial charge is 0.257 e. The molecule has 0 bridgehead atoms. The van der Waals surface area contributed by atoms with Gasteiger partial charge in [0.05, 0.1) is 24.0 Å². The lowest BCUT2D eigenvalue weighted by atomic mass is 10.1. The number of ether oxygens (including phenoxy) is 1. The zero-order valence-corrected chi connectivity index (χ0v) is 15.3. The number of hydrogen-bond acceptors (Lipinski definition) is 4. The zero-order chi connectivity index (χ0) is 17.9. The second kappa shape index (κ2) is 7.09. The number of hydrogen-bond donors (Lipinski definition) is 2. The third kappa shape index (κ3) is 4.61. The Labute approximate surface area is 147 Å². The summed E-state index contributed by atoms with van der Waals surface area (Å²) in [6.45, 7) is 8.00. The lowest BCUT2D eigenvalue weighted by molar-refractivity contribution is 0.102. The molecule has 6 heteroatoms. The number of pyridine rings is 1. The Morgan fingerprint density at radius 1 is 1.21 bits per heavy atom. The van der Waals surface area contributed by atoms with E-state index in [4.69, 9.17) is 16.3 Å². The van der Waals surface area contributed by atoms with Gasteiger partial charge in [-0.2, -0.15) is 0 Å². The predicted octanol–water partition coefficient (Wildman–Crippen LogP) is 4.51. The summed E-state index contributed by atoms with van der Waals surface area (Å²) in [4.78, 5) is 16.7. The van der Waals surface area contributed by atoms with Crippen molar-refractivity contribution >= 4 is 28.9 Å². The van der Waals surface area contributed by atoms with Crippen molar-refractivity contribution in [3.63, 3.8) is 0 Å². The fraction of sp³-hybridized carbons (Fsp3) is 0.333. The van der Waals surface area contributed by atoms with Crippen molar-refractivity contribution in [2.45, 2.75) is 33.2 Å². The fourth-order valence-electron chi connectivity index (χ4n) is 2.19.